The minimum atomic E-state index is -0.0834. The molecular weight excluding hydrogens is 254 g/mol. The minimum absolute atomic E-state index is 0.0834. The highest BCUT2D eigenvalue weighted by Crippen LogP contribution is 2.40. The zero-order chi connectivity index (χ0) is 14.3. The smallest absolute Gasteiger partial charge is 0.261 e. The molecule has 20 heavy (non-hydrogen) atoms. The van der Waals surface area contributed by atoms with E-state index in [4.69, 9.17) is 0 Å². The third-order valence-corrected chi connectivity index (χ3v) is 3.52. The zero-order valence-corrected chi connectivity index (χ0v) is 11.9. The van der Waals surface area contributed by atoms with Gasteiger partial charge in [0.2, 0.25) is 0 Å². The summed E-state index contributed by atoms with van der Waals surface area (Å²) >= 11 is 0. The third-order valence-electron chi connectivity index (χ3n) is 3.52. The van der Waals surface area contributed by atoms with E-state index in [9.17, 15) is 4.79 Å². The van der Waals surface area contributed by atoms with Crippen molar-refractivity contribution in [3.05, 3.63) is 35.7 Å². The Hall–Kier alpha value is -2.24. The molecule has 0 unspecified atom stereocenters. The van der Waals surface area contributed by atoms with Gasteiger partial charge in [0.15, 0.2) is 0 Å². The summed E-state index contributed by atoms with van der Waals surface area (Å²) in [5.41, 5.74) is 2.25. The standard InChI is InChI=1S/C14H17N5O/c1-9-15-7-12(13(17-9)10-4-5-10)14(20)19(3)11-6-16-18(2)8-11/h6-8,10H,4-5H2,1-3H3. The molecule has 2 heterocycles. The zero-order valence-electron chi connectivity index (χ0n) is 11.9. The Morgan fingerprint density at radius 2 is 2.15 bits per heavy atom. The van der Waals surface area contributed by atoms with Crippen LogP contribution in [0.4, 0.5) is 5.69 Å². The van der Waals surface area contributed by atoms with E-state index in [2.05, 4.69) is 15.1 Å². The van der Waals surface area contributed by atoms with Crippen molar-refractivity contribution in [1.82, 2.24) is 19.7 Å². The number of aryl methyl sites for hydroxylation is 2. The van der Waals surface area contributed by atoms with E-state index in [1.165, 1.54) is 0 Å². The van der Waals surface area contributed by atoms with Crippen molar-refractivity contribution in [1.29, 1.82) is 0 Å². The highest BCUT2D eigenvalue weighted by Gasteiger charge is 2.31. The van der Waals surface area contributed by atoms with Crippen LogP contribution in [0.2, 0.25) is 0 Å². The summed E-state index contributed by atoms with van der Waals surface area (Å²) in [6, 6.07) is 0. The van der Waals surface area contributed by atoms with Gasteiger partial charge < -0.3 is 4.90 Å². The van der Waals surface area contributed by atoms with Gasteiger partial charge in [-0.15, -0.1) is 0 Å². The first-order chi connectivity index (χ1) is 9.56. The largest absolute Gasteiger partial charge is 0.308 e. The van der Waals surface area contributed by atoms with Gasteiger partial charge in [0.1, 0.15) is 5.82 Å². The van der Waals surface area contributed by atoms with E-state index in [0.717, 1.165) is 24.2 Å². The number of carbonyl (C=O) groups excluding carboxylic acids is 1. The molecule has 6 nitrogen and oxygen atoms in total. The Bertz CT molecular complexity index is 659. The quantitative estimate of drug-likeness (QED) is 0.852. The van der Waals surface area contributed by atoms with Gasteiger partial charge in [0.25, 0.3) is 5.91 Å². The van der Waals surface area contributed by atoms with Gasteiger partial charge in [0.05, 0.1) is 23.1 Å². The molecule has 1 saturated carbocycles. The molecule has 0 aromatic carbocycles. The summed E-state index contributed by atoms with van der Waals surface area (Å²) in [6.45, 7) is 1.85. The summed E-state index contributed by atoms with van der Waals surface area (Å²) < 4.78 is 1.67. The molecule has 3 rings (SSSR count). The Morgan fingerprint density at radius 3 is 2.75 bits per heavy atom. The first-order valence-corrected chi connectivity index (χ1v) is 6.66. The molecule has 0 saturated heterocycles. The number of hydrogen-bond acceptors (Lipinski definition) is 4. The number of aromatic nitrogens is 4. The SMILES string of the molecule is Cc1ncc(C(=O)N(C)c2cnn(C)c2)c(C2CC2)n1. The van der Waals surface area contributed by atoms with Crippen molar-refractivity contribution >= 4 is 11.6 Å². The average molecular weight is 271 g/mol. The van der Waals surface area contributed by atoms with Crippen LogP contribution >= 0.6 is 0 Å². The molecule has 0 atom stereocenters. The monoisotopic (exact) mass is 271 g/mol. The van der Waals surface area contributed by atoms with Gasteiger partial charge in [-0.3, -0.25) is 9.48 Å². The van der Waals surface area contributed by atoms with Gasteiger partial charge >= 0.3 is 0 Å². The second kappa shape index (κ2) is 4.70. The van der Waals surface area contributed by atoms with Crippen LogP contribution in [0.25, 0.3) is 0 Å². The van der Waals surface area contributed by atoms with Crippen molar-refractivity contribution in [3.63, 3.8) is 0 Å². The van der Waals surface area contributed by atoms with Crippen LogP contribution in [0.5, 0.6) is 0 Å². The molecule has 2 aromatic heterocycles. The van der Waals surface area contributed by atoms with Crippen LogP contribution in [-0.4, -0.2) is 32.7 Å². The topological polar surface area (TPSA) is 63.9 Å². The number of amides is 1. The number of anilines is 1. The van der Waals surface area contributed by atoms with Crippen molar-refractivity contribution < 1.29 is 4.79 Å². The second-order valence-corrected chi connectivity index (χ2v) is 5.23. The number of hydrogen-bond donors (Lipinski definition) is 0. The van der Waals surface area contributed by atoms with Crippen molar-refractivity contribution in [2.75, 3.05) is 11.9 Å². The van der Waals surface area contributed by atoms with Crippen LogP contribution in [-0.2, 0) is 7.05 Å². The van der Waals surface area contributed by atoms with E-state index in [-0.39, 0.29) is 5.91 Å². The van der Waals surface area contributed by atoms with Crippen LogP contribution in [0.1, 0.15) is 40.6 Å². The normalized spacial score (nSPS) is 14.3. The van der Waals surface area contributed by atoms with E-state index < -0.39 is 0 Å². The third kappa shape index (κ3) is 2.29. The Kier molecular flexibility index (Phi) is 3.00. The minimum Gasteiger partial charge on any atom is -0.308 e. The molecule has 0 aliphatic heterocycles. The molecule has 0 radical (unpaired) electrons. The van der Waals surface area contributed by atoms with Crippen LogP contribution in [0.15, 0.2) is 18.6 Å². The van der Waals surface area contributed by atoms with E-state index in [0.29, 0.717) is 17.3 Å². The molecule has 0 spiro atoms. The molecule has 2 aromatic rings. The van der Waals surface area contributed by atoms with Crippen LogP contribution < -0.4 is 4.90 Å². The molecule has 1 fully saturated rings. The fourth-order valence-corrected chi connectivity index (χ4v) is 2.20. The summed E-state index contributed by atoms with van der Waals surface area (Å²) in [7, 11) is 3.57. The number of carbonyl (C=O) groups is 1. The second-order valence-electron chi connectivity index (χ2n) is 5.23. The summed E-state index contributed by atoms with van der Waals surface area (Å²) in [5.74, 6) is 1.05. The van der Waals surface area contributed by atoms with E-state index in [1.807, 2.05) is 20.2 Å². The Morgan fingerprint density at radius 1 is 1.40 bits per heavy atom. The molecule has 1 aliphatic carbocycles. The van der Waals surface area contributed by atoms with Gasteiger partial charge in [0, 0.05) is 32.4 Å². The molecule has 0 bridgehead atoms. The lowest BCUT2D eigenvalue weighted by Gasteiger charge is -2.16. The molecule has 0 N–H and O–H groups in total. The summed E-state index contributed by atoms with van der Waals surface area (Å²) in [5, 5.41) is 4.09. The maximum Gasteiger partial charge on any atom is 0.261 e. The van der Waals surface area contributed by atoms with Gasteiger partial charge in [-0.2, -0.15) is 5.10 Å². The molecular formula is C14H17N5O. The number of nitrogens with zero attached hydrogens (tertiary/aromatic N) is 5. The predicted molar refractivity (Wildman–Crippen MR) is 74.7 cm³/mol. The Balaban J connectivity index is 1.94. The maximum absolute atomic E-state index is 12.6. The van der Waals surface area contributed by atoms with Gasteiger partial charge in [-0.1, -0.05) is 0 Å². The van der Waals surface area contributed by atoms with Crippen LogP contribution in [0, 0.1) is 6.92 Å². The van der Waals surface area contributed by atoms with E-state index >= 15 is 0 Å². The maximum atomic E-state index is 12.6. The predicted octanol–water partition coefficient (Wildman–Crippen LogP) is 1.67. The fourth-order valence-electron chi connectivity index (χ4n) is 2.20. The summed E-state index contributed by atoms with van der Waals surface area (Å²) in [4.78, 5) is 22.8. The van der Waals surface area contributed by atoms with E-state index in [1.54, 1.807) is 29.0 Å². The van der Waals surface area contributed by atoms with Crippen molar-refractivity contribution in [2.24, 2.45) is 7.05 Å². The summed E-state index contributed by atoms with van der Waals surface area (Å²) in [6.07, 6.45) is 7.33. The lowest BCUT2D eigenvalue weighted by atomic mass is 10.1. The highest BCUT2D eigenvalue weighted by molar-refractivity contribution is 6.06. The number of rotatable bonds is 3. The first kappa shape index (κ1) is 12.8. The lowest BCUT2D eigenvalue weighted by Crippen LogP contribution is -2.27. The molecule has 1 amide bonds. The molecule has 104 valence electrons. The van der Waals surface area contributed by atoms with Crippen molar-refractivity contribution in [3.8, 4) is 0 Å². The van der Waals surface area contributed by atoms with Gasteiger partial charge in [-0.25, -0.2) is 9.97 Å². The Labute approximate surface area is 117 Å². The average Bonchev–Trinajstić information content (AvgIpc) is 3.19. The highest BCUT2D eigenvalue weighted by atomic mass is 16.2. The fraction of sp³-hybridized carbons (Fsp3) is 0.429. The first-order valence-electron chi connectivity index (χ1n) is 6.66. The lowest BCUT2D eigenvalue weighted by molar-refractivity contribution is 0.0991. The molecule has 6 heteroatoms. The van der Waals surface area contributed by atoms with Crippen molar-refractivity contribution in [2.45, 2.75) is 25.7 Å². The van der Waals surface area contributed by atoms with Crippen LogP contribution in [0.3, 0.4) is 0 Å². The molecule has 1 aliphatic rings. The van der Waals surface area contributed by atoms with Gasteiger partial charge in [-0.05, 0) is 19.8 Å².